The molecule has 2 aromatic heterocycles. The van der Waals surface area contributed by atoms with E-state index in [0.29, 0.717) is 5.69 Å². The van der Waals surface area contributed by atoms with Crippen LogP contribution < -0.4 is 22.3 Å². The number of nitrogens with zero attached hydrogens (tertiary/aromatic N) is 3. The molecule has 3 N–H and O–H groups in total. The van der Waals surface area contributed by atoms with E-state index in [2.05, 4.69) is 10.3 Å². The summed E-state index contributed by atoms with van der Waals surface area (Å²) in [5, 5.41) is 2.86. The molecule has 10 heteroatoms. The summed E-state index contributed by atoms with van der Waals surface area (Å²) < 4.78 is 2.28. The van der Waals surface area contributed by atoms with Gasteiger partial charge in [0.2, 0.25) is 5.91 Å². The van der Waals surface area contributed by atoms with Gasteiger partial charge in [0, 0.05) is 27.1 Å². The number of anilines is 1. The molecule has 0 saturated carbocycles. The summed E-state index contributed by atoms with van der Waals surface area (Å²) in [7, 11) is 2.92. The fourth-order valence-electron chi connectivity index (χ4n) is 1.89. The lowest BCUT2D eigenvalue weighted by molar-refractivity contribution is -0.116. The Kier molecular flexibility index (Phi) is 7.24. The van der Waals surface area contributed by atoms with Crippen LogP contribution in [0.15, 0.2) is 21.9 Å². The van der Waals surface area contributed by atoms with Gasteiger partial charge in [-0.15, -0.1) is 24.8 Å². The lowest BCUT2D eigenvalue weighted by atomic mass is 10.3. The van der Waals surface area contributed by atoms with Gasteiger partial charge in [-0.3, -0.25) is 18.7 Å². The van der Waals surface area contributed by atoms with Crippen molar-refractivity contribution in [1.29, 1.82) is 0 Å². The standard InChI is InChI=1S/C12H15N5O3.2ClH/c1-16-10-8(11(19)17(2)12(16)20)5-7(6-14-10)15-9(18)3-4-13;;/h5-6H,3-4,13H2,1-2H3,(H,15,18);2*1H. The monoisotopic (exact) mass is 349 g/mol. The molecule has 2 heterocycles. The number of aromatic nitrogens is 3. The van der Waals surface area contributed by atoms with Gasteiger partial charge in [0.25, 0.3) is 5.56 Å². The fraction of sp³-hybridized carbons (Fsp3) is 0.333. The predicted molar refractivity (Wildman–Crippen MR) is 89.0 cm³/mol. The highest BCUT2D eigenvalue weighted by atomic mass is 35.5. The molecule has 1 amide bonds. The van der Waals surface area contributed by atoms with Crippen LogP contribution in [0.4, 0.5) is 5.69 Å². The summed E-state index contributed by atoms with van der Waals surface area (Å²) in [6.45, 7) is 0.239. The van der Waals surface area contributed by atoms with Gasteiger partial charge in [-0.1, -0.05) is 0 Å². The van der Waals surface area contributed by atoms with Crippen LogP contribution in [0.5, 0.6) is 0 Å². The van der Waals surface area contributed by atoms with Crippen LogP contribution in [0.25, 0.3) is 11.0 Å². The number of amides is 1. The number of pyridine rings is 1. The molecule has 22 heavy (non-hydrogen) atoms. The zero-order valence-corrected chi connectivity index (χ0v) is 13.7. The lowest BCUT2D eigenvalue weighted by Gasteiger charge is -2.08. The normalized spacial score (nSPS) is 9.77. The van der Waals surface area contributed by atoms with E-state index in [-0.39, 0.29) is 54.7 Å². The molecule has 0 spiro atoms. The highest BCUT2D eigenvalue weighted by Crippen LogP contribution is 2.11. The van der Waals surface area contributed by atoms with E-state index in [1.165, 1.54) is 30.9 Å². The maximum Gasteiger partial charge on any atom is 0.332 e. The van der Waals surface area contributed by atoms with Gasteiger partial charge in [-0.25, -0.2) is 9.78 Å². The smallest absolute Gasteiger partial charge is 0.330 e. The van der Waals surface area contributed by atoms with E-state index in [1.54, 1.807) is 0 Å². The summed E-state index contributed by atoms with van der Waals surface area (Å²) in [6.07, 6.45) is 1.58. The molecule has 0 radical (unpaired) electrons. The molecule has 2 rings (SSSR count). The second kappa shape index (κ2) is 7.92. The number of nitrogens with one attached hydrogen (secondary N) is 1. The maximum absolute atomic E-state index is 12.0. The van der Waals surface area contributed by atoms with E-state index in [4.69, 9.17) is 5.73 Å². The maximum atomic E-state index is 12.0. The molecule has 122 valence electrons. The Balaban J connectivity index is 0.00000220. The number of halogens is 2. The Bertz CT molecular complexity index is 800. The minimum atomic E-state index is -0.453. The molecule has 0 aliphatic rings. The molecule has 0 aliphatic heterocycles. The number of carbonyl (C=O) groups excluding carboxylic acids is 1. The average Bonchev–Trinajstić information content (AvgIpc) is 2.43. The topological polar surface area (TPSA) is 112 Å². The predicted octanol–water partition coefficient (Wildman–Crippen LogP) is -0.237. The van der Waals surface area contributed by atoms with Gasteiger partial charge in [0.05, 0.1) is 17.3 Å². The Morgan fingerprint density at radius 2 is 1.91 bits per heavy atom. The number of carbonyl (C=O) groups is 1. The van der Waals surface area contributed by atoms with E-state index in [9.17, 15) is 14.4 Å². The molecule has 0 aromatic carbocycles. The van der Waals surface area contributed by atoms with Crippen LogP contribution in [-0.4, -0.2) is 26.6 Å². The summed E-state index contributed by atoms with van der Waals surface area (Å²) >= 11 is 0. The number of hydrogen-bond acceptors (Lipinski definition) is 5. The molecule has 2 aromatic rings. The second-order valence-electron chi connectivity index (χ2n) is 4.39. The van der Waals surface area contributed by atoms with Crippen molar-refractivity contribution in [3.63, 3.8) is 0 Å². The van der Waals surface area contributed by atoms with Gasteiger partial charge < -0.3 is 11.1 Å². The fourth-order valence-corrected chi connectivity index (χ4v) is 1.89. The van der Waals surface area contributed by atoms with Crippen LogP contribution in [0, 0.1) is 0 Å². The van der Waals surface area contributed by atoms with Gasteiger partial charge in [0.1, 0.15) is 5.65 Å². The number of aryl methyl sites for hydroxylation is 1. The quantitative estimate of drug-likeness (QED) is 0.794. The van der Waals surface area contributed by atoms with Crippen molar-refractivity contribution >= 4 is 47.4 Å². The van der Waals surface area contributed by atoms with Crippen molar-refractivity contribution < 1.29 is 4.79 Å². The summed E-state index contributed by atoms with van der Waals surface area (Å²) in [6, 6.07) is 1.50. The Morgan fingerprint density at radius 3 is 2.50 bits per heavy atom. The molecule has 0 unspecified atom stereocenters. The molecule has 0 bridgehead atoms. The lowest BCUT2D eigenvalue weighted by Crippen LogP contribution is -2.37. The van der Waals surface area contributed by atoms with E-state index in [1.807, 2.05) is 0 Å². The first-order chi connectivity index (χ1) is 9.45. The number of hydrogen-bond donors (Lipinski definition) is 2. The van der Waals surface area contributed by atoms with Crippen LogP contribution in [0.1, 0.15) is 6.42 Å². The van der Waals surface area contributed by atoms with Gasteiger partial charge in [0.15, 0.2) is 0 Å². The summed E-state index contributed by atoms with van der Waals surface area (Å²) in [5.41, 5.74) is 5.05. The van der Waals surface area contributed by atoms with E-state index in [0.717, 1.165) is 4.57 Å². The van der Waals surface area contributed by atoms with Crippen molar-refractivity contribution in [2.75, 3.05) is 11.9 Å². The summed E-state index contributed by atoms with van der Waals surface area (Å²) in [4.78, 5) is 39.3. The minimum absolute atomic E-state index is 0. The van der Waals surface area contributed by atoms with Crippen LogP contribution in [-0.2, 0) is 18.9 Å². The highest BCUT2D eigenvalue weighted by molar-refractivity contribution is 5.92. The molecular weight excluding hydrogens is 333 g/mol. The highest BCUT2D eigenvalue weighted by Gasteiger charge is 2.11. The van der Waals surface area contributed by atoms with Crippen molar-refractivity contribution in [1.82, 2.24) is 14.1 Å². The van der Waals surface area contributed by atoms with Crippen molar-refractivity contribution in [2.24, 2.45) is 19.8 Å². The van der Waals surface area contributed by atoms with E-state index < -0.39 is 11.2 Å². The van der Waals surface area contributed by atoms with Crippen molar-refractivity contribution in [2.45, 2.75) is 6.42 Å². The third-order valence-corrected chi connectivity index (χ3v) is 2.95. The third-order valence-electron chi connectivity index (χ3n) is 2.95. The molecule has 0 fully saturated rings. The van der Waals surface area contributed by atoms with E-state index >= 15 is 0 Å². The van der Waals surface area contributed by atoms with Gasteiger partial charge >= 0.3 is 5.69 Å². The zero-order valence-electron chi connectivity index (χ0n) is 12.0. The van der Waals surface area contributed by atoms with Crippen LogP contribution in [0.3, 0.4) is 0 Å². The Hall–Kier alpha value is -1.90. The Labute approximate surface area is 138 Å². The number of nitrogens with two attached hydrogens (primary N) is 1. The first-order valence-electron chi connectivity index (χ1n) is 6.01. The number of rotatable bonds is 3. The first kappa shape index (κ1) is 20.1. The molecule has 0 atom stereocenters. The zero-order chi connectivity index (χ0) is 14.9. The second-order valence-corrected chi connectivity index (χ2v) is 4.39. The van der Waals surface area contributed by atoms with Crippen LogP contribution >= 0.6 is 24.8 Å². The Morgan fingerprint density at radius 1 is 1.27 bits per heavy atom. The SMILES string of the molecule is Cl.Cl.Cn1c(=O)c2cc(NC(=O)CCN)cnc2n(C)c1=O. The molecular formula is C12H17Cl2N5O3. The summed E-state index contributed by atoms with van der Waals surface area (Å²) in [5.74, 6) is -0.254. The molecule has 0 saturated heterocycles. The van der Waals surface area contributed by atoms with Crippen molar-refractivity contribution in [3.8, 4) is 0 Å². The van der Waals surface area contributed by atoms with Gasteiger partial charge in [-0.2, -0.15) is 0 Å². The van der Waals surface area contributed by atoms with Crippen molar-refractivity contribution in [3.05, 3.63) is 33.1 Å². The third kappa shape index (κ3) is 3.65. The minimum Gasteiger partial charge on any atom is -0.330 e. The average molecular weight is 350 g/mol. The molecule has 0 aliphatic carbocycles. The largest absolute Gasteiger partial charge is 0.332 e. The molecule has 8 nitrogen and oxygen atoms in total. The van der Waals surface area contributed by atoms with Crippen LogP contribution in [0.2, 0.25) is 0 Å². The number of fused-ring (bicyclic) bond motifs is 1. The van der Waals surface area contributed by atoms with Gasteiger partial charge in [-0.05, 0) is 6.07 Å². The first-order valence-corrected chi connectivity index (χ1v) is 6.01.